The number of fused-ring (bicyclic) bond motifs is 1. The number of nitrogens with zero attached hydrogens (tertiary/aromatic N) is 2. The van der Waals surface area contributed by atoms with Crippen molar-refractivity contribution < 1.29 is 4.39 Å². The van der Waals surface area contributed by atoms with Crippen molar-refractivity contribution in [1.82, 2.24) is 9.55 Å². The Morgan fingerprint density at radius 1 is 1.38 bits per heavy atom. The number of imidazole rings is 1. The molecule has 2 aromatic rings. The summed E-state index contributed by atoms with van der Waals surface area (Å²) in [5.41, 5.74) is 7.36. The Bertz CT molecular complexity index is 490. The first kappa shape index (κ1) is 10.9. The van der Waals surface area contributed by atoms with Crippen molar-refractivity contribution in [3.05, 3.63) is 24.0 Å². The van der Waals surface area contributed by atoms with Crippen LogP contribution in [0.1, 0.15) is 26.2 Å². The van der Waals surface area contributed by atoms with E-state index < -0.39 is 0 Å². The monoisotopic (exact) mass is 221 g/mol. The molecule has 0 spiro atoms. The SMILES string of the molecule is CCCCCn1c(N)nc2ccc(F)cc21. The summed E-state index contributed by atoms with van der Waals surface area (Å²) in [5.74, 6) is 0.223. The summed E-state index contributed by atoms with van der Waals surface area (Å²) in [7, 11) is 0. The molecule has 1 aromatic heterocycles. The fourth-order valence-electron chi connectivity index (χ4n) is 1.87. The Morgan fingerprint density at radius 2 is 2.19 bits per heavy atom. The van der Waals surface area contributed by atoms with Gasteiger partial charge in [0.05, 0.1) is 11.0 Å². The van der Waals surface area contributed by atoms with Crippen molar-refractivity contribution in [2.24, 2.45) is 0 Å². The summed E-state index contributed by atoms with van der Waals surface area (Å²) in [5, 5.41) is 0. The largest absolute Gasteiger partial charge is 0.369 e. The maximum absolute atomic E-state index is 13.1. The molecule has 0 saturated heterocycles. The third-order valence-electron chi connectivity index (χ3n) is 2.73. The molecule has 0 fully saturated rings. The zero-order chi connectivity index (χ0) is 11.5. The van der Waals surface area contributed by atoms with E-state index in [1.165, 1.54) is 12.1 Å². The number of nitrogens with two attached hydrogens (primary N) is 1. The van der Waals surface area contributed by atoms with Gasteiger partial charge in [0.1, 0.15) is 5.82 Å². The van der Waals surface area contributed by atoms with Crippen LogP contribution in [0.25, 0.3) is 11.0 Å². The molecule has 0 unspecified atom stereocenters. The van der Waals surface area contributed by atoms with E-state index in [1.54, 1.807) is 6.07 Å². The zero-order valence-electron chi connectivity index (χ0n) is 9.41. The van der Waals surface area contributed by atoms with E-state index in [0.29, 0.717) is 5.95 Å². The van der Waals surface area contributed by atoms with Gasteiger partial charge in [-0.3, -0.25) is 0 Å². The van der Waals surface area contributed by atoms with Gasteiger partial charge in [-0.2, -0.15) is 0 Å². The number of aryl methyl sites for hydroxylation is 1. The molecule has 1 heterocycles. The van der Waals surface area contributed by atoms with E-state index >= 15 is 0 Å². The minimum atomic E-state index is -0.246. The van der Waals surface area contributed by atoms with Crippen molar-refractivity contribution in [1.29, 1.82) is 0 Å². The highest BCUT2D eigenvalue weighted by atomic mass is 19.1. The number of rotatable bonds is 4. The summed E-state index contributed by atoms with van der Waals surface area (Å²) >= 11 is 0. The lowest BCUT2D eigenvalue weighted by molar-refractivity contribution is 0.612. The third kappa shape index (κ3) is 2.01. The van der Waals surface area contributed by atoms with Crippen LogP contribution in [0.4, 0.5) is 10.3 Å². The van der Waals surface area contributed by atoms with Crippen LogP contribution in [-0.2, 0) is 6.54 Å². The van der Waals surface area contributed by atoms with Crippen LogP contribution < -0.4 is 5.73 Å². The second-order valence-corrected chi connectivity index (χ2v) is 3.96. The van der Waals surface area contributed by atoms with Gasteiger partial charge < -0.3 is 10.3 Å². The van der Waals surface area contributed by atoms with Crippen LogP contribution in [-0.4, -0.2) is 9.55 Å². The van der Waals surface area contributed by atoms with Gasteiger partial charge in [0.25, 0.3) is 0 Å². The Labute approximate surface area is 94.1 Å². The fourth-order valence-corrected chi connectivity index (χ4v) is 1.87. The highest BCUT2D eigenvalue weighted by molar-refractivity contribution is 5.78. The number of aromatic nitrogens is 2. The molecule has 1 aromatic carbocycles. The molecule has 3 nitrogen and oxygen atoms in total. The van der Waals surface area contributed by atoms with Crippen LogP contribution in [0.5, 0.6) is 0 Å². The van der Waals surface area contributed by atoms with E-state index in [-0.39, 0.29) is 5.82 Å². The van der Waals surface area contributed by atoms with Crippen molar-refractivity contribution >= 4 is 17.0 Å². The lowest BCUT2D eigenvalue weighted by atomic mass is 10.2. The smallest absolute Gasteiger partial charge is 0.201 e. The maximum atomic E-state index is 13.1. The van der Waals surface area contributed by atoms with Crippen molar-refractivity contribution in [3.8, 4) is 0 Å². The Balaban J connectivity index is 2.34. The summed E-state index contributed by atoms with van der Waals surface area (Å²) in [6.45, 7) is 2.95. The summed E-state index contributed by atoms with van der Waals surface area (Å²) in [6.07, 6.45) is 3.35. The van der Waals surface area contributed by atoms with E-state index in [2.05, 4.69) is 11.9 Å². The van der Waals surface area contributed by atoms with Gasteiger partial charge in [-0.15, -0.1) is 0 Å². The number of unbranched alkanes of at least 4 members (excludes halogenated alkanes) is 2. The van der Waals surface area contributed by atoms with E-state index in [4.69, 9.17) is 5.73 Å². The molecule has 4 heteroatoms. The van der Waals surface area contributed by atoms with Crippen LogP contribution >= 0.6 is 0 Å². The minimum Gasteiger partial charge on any atom is -0.369 e. The predicted octanol–water partition coefficient (Wildman–Crippen LogP) is 2.95. The number of benzene rings is 1. The molecule has 16 heavy (non-hydrogen) atoms. The highest BCUT2D eigenvalue weighted by Gasteiger charge is 2.08. The average molecular weight is 221 g/mol. The second kappa shape index (κ2) is 4.51. The number of nitrogen functional groups attached to an aromatic ring is 1. The van der Waals surface area contributed by atoms with E-state index in [9.17, 15) is 4.39 Å². The van der Waals surface area contributed by atoms with Crippen molar-refractivity contribution in [2.45, 2.75) is 32.7 Å². The first-order chi connectivity index (χ1) is 7.72. The summed E-state index contributed by atoms with van der Waals surface area (Å²) in [4.78, 5) is 4.21. The van der Waals surface area contributed by atoms with Gasteiger partial charge in [-0.05, 0) is 24.6 Å². The molecule has 0 bridgehead atoms. The molecule has 0 amide bonds. The summed E-state index contributed by atoms with van der Waals surface area (Å²) in [6, 6.07) is 4.56. The van der Waals surface area contributed by atoms with Gasteiger partial charge >= 0.3 is 0 Å². The lowest BCUT2D eigenvalue weighted by Crippen LogP contribution is -2.03. The van der Waals surface area contributed by atoms with Gasteiger partial charge in [-0.25, -0.2) is 9.37 Å². The standard InChI is InChI=1S/C12H16FN3/c1-2-3-4-7-16-11-8-9(13)5-6-10(11)15-12(16)14/h5-6,8H,2-4,7H2,1H3,(H2,14,15). The van der Waals surface area contributed by atoms with Crippen molar-refractivity contribution in [2.75, 3.05) is 5.73 Å². The quantitative estimate of drug-likeness (QED) is 0.807. The normalized spacial score (nSPS) is 11.1. The van der Waals surface area contributed by atoms with E-state index in [1.807, 2.05) is 4.57 Å². The van der Waals surface area contributed by atoms with Gasteiger partial charge in [-0.1, -0.05) is 19.8 Å². The average Bonchev–Trinajstić information content (AvgIpc) is 2.56. The Morgan fingerprint density at radius 3 is 2.94 bits per heavy atom. The predicted molar refractivity (Wildman–Crippen MR) is 63.6 cm³/mol. The van der Waals surface area contributed by atoms with Crippen LogP contribution in [0, 0.1) is 5.82 Å². The second-order valence-electron chi connectivity index (χ2n) is 3.96. The van der Waals surface area contributed by atoms with E-state index in [0.717, 1.165) is 36.8 Å². The number of hydrogen-bond acceptors (Lipinski definition) is 2. The number of anilines is 1. The molecular formula is C12H16FN3. The Hall–Kier alpha value is -1.58. The molecule has 0 aliphatic rings. The van der Waals surface area contributed by atoms with Gasteiger partial charge in [0, 0.05) is 6.54 Å². The molecule has 0 aliphatic carbocycles. The molecule has 2 N–H and O–H groups in total. The molecule has 0 radical (unpaired) electrons. The molecule has 2 rings (SSSR count). The number of halogens is 1. The maximum Gasteiger partial charge on any atom is 0.201 e. The van der Waals surface area contributed by atoms with Gasteiger partial charge in [0.15, 0.2) is 0 Å². The lowest BCUT2D eigenvalue weighted by Gasteiger charge is -2.05. The minimum absolute atomic E-state index is 0.246. The Kier molecular flexibility index (Phi) is 3.08. The molecular weight excluding hydrogens is 205 g/mol. The highest BCUT2D eigenvalue weighted by Crippen LogP contribution is 2.19. The molecule has 0 atom stereocenters. The molecule has 0 saturated carbocycles. The zero-order valence-corrected chi connectivity index (χ0v) is 9.41. The number of hydrogen-bond donors (Lipinski definition) is 1. The molecule has 0 aliphatic heterocycles. The van der Waals surface area contributed by atoms with Gasteiger partial charge in [0.2, 0.25) is 5.95 Å². The van der Waals surface area contributed by atoms with Crippen LogP contribution in [0.2, 0.25) is 0 Å². The third-order valence-corrected chi connectivity index (χ3v) is 2.73. The molecule has 86 valence electrons. The first-order valence-corrected chi connectivity index (χ1v) is 5.63. The van der Waals surface area contributed by atoms with Crippen LogP contribution in [0.15, 0.2) is 18.2 Å². The van der Waals surface area contributed by atoms with Crippen molar-refractivity contribution in [3.63, 3.8) is 0 Å². The summed E-state index contributed by atoms with van der Waals surface area (Å²) < 4.78 is 15.0. The first-order valence-electron chi connectivity index (χ1n) is 5.63. The topological polar surface area (TPSA) is 43.8 Å². The van der Waals surface area contributed by atoms with Crippen LogP contribution in [0.3, 0.4) is 0 Å². The fraction of sp³-hybridized carbons (Fsp3) is 0.417.